The number of nitrogens with zero attached hydrogens (tertiary/aromatic N) is 6. The van der Waals surface area contributed by atoms with Gasteiger partial charge in [0, 0.05) is 37.4 Å². The predicted octanol–water partition coefficient (Wildman–Crippen LogP) is 6.47. The van der Waals surface area contributed by atoms with Crippen LogP contribution in [0.1, 0.15) is 51.0 Å². The fourth-order valence-corrected chi connectivity index (χ4v) is 8.04. The second-order valence-electron chi connectivity index (χ2n) is 13.7. The number of anilines is 1. The molecule has 0 unspecified atom stereocenters. The van der Waals surface area contributed by atoms with Crippen LogP contribution in [0.15, 0.2) is 42.6 Å². The standard InChI is InChI=1S/C35H43FN6O/c1-23-11-12-26-25(17-23)9-6-10-27(26)30-29(36)31-28(19-37-30)32(41(5)21-34(40(3)4)13-7-14-34)39-33(38-31)43-22-35-15-8-16-42(35)20-24(2)18-35/h6,9-12,17,19,24H,7-8,13-16,18,20-22H2,1-5H3/t24-,35+/m1/s1. The number of aromatic nitrogens is 3. The topological polar surface area (TPSA) is 57.6 Å². The van der Waals surface area contributed by atoms with Gasteiger partial charge >= 0.3 is 6.01 Å². The summed E-state index contributed by atoms with van der Waals surface area (Å²) in [6.07, 6.45) is 8.63. The molecule has 8 heteroatoms. The zero-order valence-corrected chi connectivity index (χ0v) is 26.2. The van der Waals surface area contributed by atoms with Gasteiger partial charge in [-0.25, -0.2) is 4.39 Å². The molecule has 4 aromatic rings. The van der Waals surface area contributed by atoms with Gasteiger partial charge in [-0.3, -0.25) is 9.88 Å². The van der Waals surface area contributed by atoms with E-state index in [2.05, 4.69) is 60.8 Å². The highest BCUT2D eigenvalue weighted by molar-refractivity contribution is 5.99. The van der Waals surface area contributed by atoms with E-state index >= 15 is 4.39 Å². The summed E-state index contributed by atoms with van der Waals surface area (Å²) in [4.78, 5) is 21.5. The van der Waals surface area contributed by atoms with Gasteiger partial charge in [-0.2, -0.15) is 9.97 Å². The Morgan fingerprint density at radius 2 is 1.88 bits per heavy atom. The van der Waals surface area contributed by atoms with E-state index in [9.17, 15) is 0 Å². The van der Waals surface area contributed by atoms with Crippen LogP contribution in [0.2, 0.25) is 0 Å². The molecule has 1 saturated carbocycles. The number of rotatable bonds is 8. The van der Waals surface area contributed by atoms with Crippen molar-refractivity contribution in [2.45, 2.75) is 63.5 Å². The van der Waals surface area contributed by atoms with Gasteiger partial charge in [-0.1, -0.05) is 48.9 Å². The number of aryl methyl sites for hydroxylation is 1. The molecule has 1 aliphatic carbocycles. The lowest BCUT2D eigenvalue weighted by Crippen LogP contribution is -2.56. The van der Waals surface area contributed by atoms with E-state index in [1.165, 1.54) is 12.8 Å². The first-order chi connectivity index (χ1) is 20.7. The Kier molecular flexibility index (Phi) is 7.05. The maximum atomic E-state index is 16.7. The van der Waals surface area contributed by atoms with E-state index in [0.717, 1.165) is 67.2 Å². The lowest BCUT2D eigenvalue weighted by molar-refractivity contribution is 0.0681. The Morgan fingerprint density at radius 1 is 1.05 bits per heavy atom. The van der Waals surface area contributed by atoms with Crippen molar-refractivity contribution in [3.8, 4) is 17.3 Å². The van der Waals surface area contributed by atoms with Crippen LogP contribution in [0.25, 0.3) is 32.9 Å². The third-order valence-electron chi connectivity index (χ3n) is 10.5. The molecular weight excluding hydrogens is 539 g/mol. The second kappa shape index (κ2) is 10.7. The van der Waals surface area contributed by atoms with Gasteiger partial charge in [0.15, 0.2) is 5.82 Å². The minimum Gasteiger partial charge on any atom is -0.461 e. The fourth-order valence-electron chi connectivity index (χ4n) is 8.04. The number of fused-ring (bicyclic) bond motifs is 3. The van der Waals surface area contributed by atoms with Crippen LogP contribution in [0, 0.1) is 18.7 Å². The second-order valence-corrected chi connectivity index (χ2v) is 13.7. The highest BCUT2D eigenvalue weighted by Gasteiger charge is 2.48. The summed E-state index contributed by atoms with van der Waals surface area (Å²) in [6.45, 7) is 7.91. The van der Waals surface area contributed by atoms with Crippen LogP contribution in [-0.2, 0) is 0 Å². The first-order valence-corrected chi connectivity index (χ1v) is 15.8. The summed E-state index contributed by atoms with van der Waals surface area (Å²) in [5, 5.41) is 2.64. The van der Waals surface area contributed by atoms with Crippen molar-refractivity contribution < 1.29 is 9.13 Å². The SMILES string of the molecule is Cc1ccc2c(-c3ncc4c(N(C)CC5(N(C)C)CCC5)nc(OC[C@@]56CCCN5C[C@H](C)C6)nc4c3F)cccc2c1. The lowest BCUT2D eigenvalue weighted by Gasteiger charge is -2.49. The highest BCUT2D eigenvalue weighted by Crippen LogP contribution is 2.43. The number of hydrogen-bond donors (Lipinski definition) is 0. The minimum atomic E-state index is -0.436. The minimum absolute atomic E-state index is 0.0216. The maximum absolute atomic E-state index is 16.7. The van der Waals surface area contributed by atoms with E-state index in [4.69, 9.17) is 19.7 Å². The van der Waals surface area contributed by atoms with Gasteiger partial charge < -0.3 is 14.5 Å². The van der Waals surface area contributed by atoms with Crippen molar-refractivity contribution >= 4 is 27.5 Å². The molecule has 4 heterocycles. The van der Waals surface area contributed by atoms with E-state index < -0.39 is 5.82 Å². The predicted molar refractivity (Wildman–Crippen MR) is 171 cm³/mol. The van der Waals surface area contributed by atoms with Gasteiger partial charge in [-0.15, -0.1) is 0 Å². The summed E-state index contributed by atoms with van der Waals surface area (Å²) in [7, 11) is 6.34. The molecule has 3 fully saturated rings. The third-order valence-corrected chi connectivity index (χ3v) is 10.5. The first kappa shape index (κ1) is 28.4. The molecule has 7 nitrogen and oxygen atoms in total. The van der Waals surface area contributed by atoms with Crippen LogP contribution in [0.4, 0.5) is 10.2 Å². The Hall–Kier alpha value is -3.36. The molecule has 2 aromatic heterocycles. The number of ether oxygens (including phenoxy) is 1. The molecule has 0 N–H and O–H groups in total. The molecule has 226 valence electrons. The third kappa shape index (κ3) is 4.83. The van der Waals surface area contributed by atoms with Gasteiger partial charge in [0.25, 0.3) is 0 Å². The molecule has 2 aliphatic heterocycles. The zero-order valence-electron chi connectivity index (χ0n) is 26.2. The van der Waals surface area contributed by atoms with Crippen molar-refractivity contribution in [3.63, 3.8) is 0 Å². The molecule has 7 rings (SSSR count). The van der Waals surface area contributed by atoms with E-state index in [1.54, 1.807) is 6.20 Å². The molecule has 2 saturated heterocycles. The maximum Gasteiger partial charge on any atom is 0.319 e. The Morgan fingerprint density at radius 3 is 2.65 bits per heavy atom. The summed E-state index contributed by atoms with van der Waals surface area (Å²) >= 11 is 0. The molecule has 0 spiro atoms. The Labute approximate surface area is 254 Å². The summed E-state index contributed by atoms with van der Waals surface area (Å²) in [5.74, 6) is 0.872. The van der Waals surface area contributed by atoms with Crippen molar-refractivity contribution in [2.75, 3.05) is 52.3 Å². The number of pyridine rings is 1. The van der Waals surface area contributed by atoms with Gasteiger partial charge in [0.05, 0.1) is 10.9 Å². The smallest absolute Gasteiger partial charge is 0.319 e. The summed E-state index contributed by atoms with van der Waals surface area (Å²) in [6, 6.07) is 12.4. The normalized spacial score (nSPS) is 23.2. The molecule has 43 heavy (non-hydrogen) atoms. The average molecular weight is 583 g/mol. The average Bonchev–Trinajstić information content (AvgIpc) is 3.48. The van der Waals surface area contributed by atoms with Crippen LogP contribution in [0.3, 0.4) is 0 Å². The lowest BCUT2D eigenvalue weighted by atomic mass is 9.75. The van der Waals surface area contributed by atoms with Crippen LogP contribution in [-0.4, -0.2) is 83.2 Å². The number of benzene rings is 2. The number of hydrogen-bond acceptors (Lipinski definition) is 7. The molecule has 2 aromatic carbocycles. The van der Waals surface area contributed by atoms with E-state index in [0.29, 0.717) is 29.4 Å². The van der Waals surface area contributed by atoms with Gasteiger partial charge in [0.2, 0.25) is 0 Å². The summed E-state index contributed by atoms with van der Waals surface area (Å²) < 4.78 is 23.1. The Bertz CT molecular complexity index is 1690. The van der Waals surface area contributed by atoms with Gasteiger partial charge in [0.1, 0.15) is 23.6 Å². The molecule has 0 amide bonds. The molecular formula is C35H43FN6O. The van der Waals surface area contributed by atoms with Gasteiger partial charge in [-0.05, 0) is 82.8 Å². The van der Waals surface area contributed by atoms with E-state index in [1.807, 2.05) is 25.2 Å². The van der Waals surface area contributed by atoms with Crippen molar-refractivity contribution in [2.24, 2.45) is 5.92 Å². The van der Waals surface area contributed by atoms with Crippen molar-refractivity contribution in [1.29, 1.82) is 0 Å². The first-order valence-electron chi connectivity index (χ1n) is 15.8. The molecule has 0 bridgehead atoms. The number of likely N-dealkylation sites (N-methyl/N-ethyl adjacent to an activating group) is 2. The monoisotopic (exact) mass is 582 g/mol. The van der Waals surface area contributed by atoms with Crippen LogP contribution >= 0.6 is 0 Å². The largest absolute Gasteiger partial charge is 0.461 e. The van der Waals surface area contributed by atoms with Crippen LogP contribution in [0.5, 0.6) is 6.01 Å². The van der Waals surface area contributed by atoms with Crippen LogP contribution < -0.4 is 9.64 Å². The highest BCUT2D eigenvalue weighted by atomic mass is 19.1. The zero-order chi connectivity index (χ0) is 29.9. The summed E-state index contributed by atoms with van der Waals surface area (Å²) in [5.41, 5.74) is 2.58. The molecule has 3 aliphatic rings. The van der Waals surface area contributed by atoms with Crippen molar-refractivity contribution in [3.05, 3.63) is 54.0 Å². The molecule has 0 radical (unpaired) electrons. The van der Waals surface area contributed by atoms with E-state index in [-0.39, 0.29) is 22.6 Å². The molecule has 2 atom stereocenters. The number of halogens is 1. The quantitative estimate of drug-likeness (QED) is 0.236. The Balaban J connectivity index is 1.32. The van der Waals surface area contributed by atoms with Crippen molar-refractivity contribution in [1.82, 2.24) is 24.8 Å². The fraction of sp³-hybridized carbons (Fsp3) is 0.514.